The lowest BCUT2D eigenvalue weighted by Gasteiger charge is -2.02. The minimum Gasteiger partial charge on any atom is -0.490 e. The van der Waals surface area contributed by atoms with Crippen molar-refractivity contribution in [1.82, 2.24) is 0 Å². The smallest absolute Gasteiger partial charge is 0.242 e. The number of benzene rings is 1. The van der Waals surface area contributed by atoms with Crippen molar-refractivity contribution in [3.05, 3.63) is 18.2 Å². The quantitative estimate of drug-likeness (QED) is 0.682. The van der Waals surface area contributed by atoms with E-state index in [2.05, 4.69) is 10.4 Å². The summed E-state index contributed by atoms with van der Waals surface area (Å²) in [5, 5.41) is 0.755. The molecular formula is C10H13N3O3. The van der Waals surface area contributed by atoms with Crippen molar-refractivity contribution in [2.45, 2.75) is 6.92 Å². The van der Waals surface area contributed by atoms with Crippen LogP contribution in [0, 0.1) is 0 Å². The van der Waals surface area contributed by atoms with E-state index < -0.39 is 0 Å². The lowest BCUT2D eigenvalue weighted by atomic mass is 10.2. The highest BCUT2D eigenvalue weighted by atomic mass is 16.8. The summed E-state index contributed by atoms with van der Waals surface area (Å²) in [6.45, 7) is 2.45. The highest BCUT2D eigenvalue weighted by molar-refractivity contribution is 5.98. The van der Waals surface area contributed by atoms with Crippen LogP contribution in [-0.2, 0) is 4.94 Å². The maximum atomic E-state index is 5.84. The number of furan rings is 1. The molecule has 0 fully saturated rings. The Morgan fingerprint density at radius 3 is 2.94 bits per heavy atom. The standard InChI is InChI=1S/C10H13N3O3/c1-2-14-7-5-3-4-6-8(11)10(13-16-12)15-9(6)7/h3-5,13H,2,11-12H2,1H3. The molecule has 2 rings (SSSR count). The third-order valence-electron chi connectivity index (χ3n) is 2.17. The Morgan fingerprint density at radius 2 is 2.25 bits per heavy atom. The van der Waals surface area contributed by atoms with E-state index in [4.69, 9.17) is 20.8 Å². The molecule has 0 aliphatic heterocycles. The third-order valence-corrected chi connectivity index (χ3v) is 2.17. The molecule has 86 valence electrons. The van der Waals surface area contributed by atoms with Crippen molar-refractivity contribution in [2.75, 3.05) is 17.8 Å². The maximum absolute atomic E-state index is 5.84. The summed E-state index contributed by atoms with van der Waals surface area (Å²) in [7, 11) is 0. The molecule has 0 radical (unpaired) electrons. The van der Waals surface area contributed by atoms with E-state index in [9.17, 15) is 0 Å². The first-order valence-electron chi connectivity index (χ1n) is 4.83. The van der Waals surface area contributed by atoms with E-state index in [0.717, 1.165) is 5.39 Å². The Hall–Kier alpha value is -1.92. The van der Waals surface area contributed by atoms with Crippen LogP contribution in [0.2, 0.25) is 0 Å². The zero-order chi connectivity index (χ0) is 11.5. The van der Waals surface area contributed by atoms with Crippen molar-refractivity contribution in [3.8, 4) is 5.75 Å². The molecule has 6 heteroatoms. The number of para-hydroxylation sites is 1. The van der Waals surface area contributed by atoms with Gasteiger partial charge in [-0.2, -0.15) is 10.8 Å². The average Bonchev–Trinajstić information content (AvgIpc) is 2.59. The van der Waals surface area contributed by atoms with E-state index in [0.29, 0.717) is 23.6 Å². The van der Waals surface area contributed by atoms with Gasteiger partial charge in [-0.1, -0.05) is 6.07 Å². The zero-order valence-corrected chi connectivity index (χ0v) is 8.82. The molecule has 1 aromatic carbocycles. The van der Waals surface area contributed by atoms with Crippen LogP contribution in [-0.4, -0.2) is 6.61 Å². The van der Waals surface area contributed by atoms with Gasteiger partial charge in [0.25, 0.3) is 0 Å². The molecule has 0 bridgehead atoms. The monoisotopic (exact) mass is 223 g/mol. The van der Waals surface area contributed by atoms with Crippen molar-refractivity contribution in [3.63, 3.8) is 0 Å². The summed E-state index contributed by atoms with van der Waals surface area (Å²) in [6.07, 6.45) is 0. The summed E-state index contributed by atoms with van der Waals surface area (Å²) in [6, 6.07) is 5.48. The molecular weight excluding hydrogens is 210 g/mol. The first kappa shape index (κ1) is 10.6. The van der Waals surface area contributed by atoms with Crippen molar-refractivity contribution in [1.29, 1.82) is 0 Å². The first-order valence-corrected chi connectivity index (χ1v) is 4.83. The van der Waals surface area contributed by atoms with Gasteiger partial charge in [-0.05, 0) is 19.1 Å². The number of rotatable bonds is 4. The average molecular weight is 223 g/mol. The van der Waals surface area contributed by atoms with Gasteiger partial charge in [0.1, 0.15) is 5.69 Å². The SMILES string of the molecule is CCOc1cccc2c(N)c(NON)oc12. The maximum Gasteiger partial charge on any atom is 0.242 e. The topological polar surface area (TPSA) is 95.7 Å². The number of hydrogen-bond acceptors (Lipinski definition) is 6. The molecule has 0 aliphatic carbocycles. The van der Waals surface area contributed by atoms with Crippen molar-refractivity contribution in [2.24, 2.45) is 5.90 Å². The fourth-order valence-corrected chi connectivity index (χ4v) is 1.51. The van der Waals surface area contributed by atoms with Crippen LogP contribution in [0.4, 0.5) is 11.6 Å². The summed E-state index contributed by atoms with van der Waals surface area (Å²) in [5.41, 5.74) is 9.21. The van der Waals surface area contributed by atoms with Crippen LogP contribution in [0.15, 0.2) is 22.6 Å². The van der Waals surface area contributed by atoms with E-state index >= 15 is 0 Å². The summed E-state index contributed by atoms with van der Waals surface area (Å²) in [4.78, 5) is 4.27. The van der Waals surface area contributed by atoms with Crippen LogP contribution in [0.1, 0.15) is 6.92 Å². The van der Waals surface area contributed by atoms with Crippen LogP contribution >= 0.6 is 0 Å². The van der Waals surface area contributed by atoms with Crippen LogP contribution < -0.4 is 21.8 Å². The molecule has 1 aromatic heterocycles. The molecule has 5 N–H and O–H groups in total. The fourth-order valence-electron chi connectivity index (χ4n) is 1.51. The highest BCUT2D eigenvalue weighted by Crippen LogP contribution is 2.37. The van der Waals surface area contributed by atoms with E-state index in [-0.39, 0.29) is 5.88 Å². The zero-order valence-electron chi connectivity index (χ0n) is 8.82. The number of fused-ring (bicyclic) bond motifs is 1. The largest absolute Gasteiger partial charge is 0.490 e. The second-order valence-electron chi connectivity index (χ2n) is 3.13. The summed E-state index contributed by atoms with van der Waals surface area (Å²) >= 11 is 0. The number of hydrogen-bond donors (Lipinski definition) is 3. The van der Waals surface area contributed by atoms with Gasteiger partial charge >= 0.3 is 0 Å². The highest BCUT2D eigenvalue weighted by Gasteiger charge is 2.14. The molecule has 0 atom stereocenters. The second-order valence-corrected chi connectivity index (χ2v) is 3.13. The number of ether oxygens (including phenoxy) is 1. The molecule has 6 nitrogen and oxygen atoms in total. The van der Waals surface area contributed by atoms with E-state index in [1.54, 1.807) is 0 Å². The van der Waals surface area contributed by atoms with E-state index in [1.165, 1.54) is 0 Å². The molecule has 0 amide bonds. The van der Waals surface area contributed by atoms with Gasteiger partial charge in [0.2, 0.25) is 5.88 Å². The minimum absolute atomic E-state index is 0.268. The van der Waals surface area contributed by atoms with Crippen LogP contribution in [0.5, 0.6) is 5.75 Å². The summed E-state index contributed by atoms with van der Waals surface area (Å²) in [5.74, 6) is 5.79. The lowest BCUT2D eigenvalue weighted by Crippen LogP contribution is -2.07. The van der Waals surface area contributed by atoms with E-state index in [1.807, 2.05) is 25.1 Å². The van der Waals surface area contributed by atoms with Gasteiger partial charge in [0.15, 0.2) is 11.3 Å². The molecule has 0 aliphatic rings. The van der Waals surface area contributed by atoms with Gasteiger partial charge < -0.3 is 14.9 Å². The Bertz CT molecular complexity index is 495. The molecule has 0 spiro atoms. The number of nitrogen functional groups attached to an aromatic ring is 1. The van der Waals surface area contributed by atoms with Crippen LogP contribution in [0.25, 0.3) is 11.0 Å². The number of nitrogens with two attached hydrogens (primary N) is 2. The second kappa shape index (κ2) is 4.30. The Labute approximate surface area is 92.0 Å². The Kier molecular flexibility index (Phi) is 2.84. The molecule has 1 heterocycles. The van der Waals surface area contributed by atoms with Crippen LogP contribution in [0.3, 0.4) is 0 Å². The number of anilines is 2. The molecule has 0 saturated carbocycles. The molecule has 0 saturated heterocycles. The first-order chi connectivity index (χ1) is 7.77. The molecule has 16 heavy (non-hydrogen) atoms. The van der Waals surface area contributed by atoms with Gasteiger partial charge in [0.05, 0.1) is 6.61 Å². The Balaban J connectivity index is 2.56. The van der Waals surface area contributed by atoms with Gasteiger partial charge in [0, 0.05) is 5.39 Å². The molecule has 2 aromatic rings. The van der Waals surface area contributed by atoms with Crippen molar-refractivity contribution < 1.29 is 14.1 Å². The van der Waals surface area contributed by atoms with Gasteiger partial charge in [-0.15, -0.1) is 0 Å². The third kappa shape index (κ3) is 1.64. The minimum atomic E-state index is 0.268. The predicted octanol–water partition coefficient (Wildman–Crippen LogP) is 1.63. The molecule has 0 unspecified atom stereocenters. The normalized spacial score (nSPS) is 10.6. The van der Waals surface area contributed by atoms with Crippen molar-refractivity contribution >= 4 is 22.5 Å². The van der Waals surface area contributed by atoms with Gasteiger partial charge in [-0.3, -0.25) is 0 Å². The fraction of sp³-hybridized carbons (Fsp3) is 0.200. The summed E-state index contributed by atoms with van der Waals surface area (Å²) < 4.78 is 10.9. The lowest BCUT2D eigenvalue weighted by molar-refractivity contribution is 0.193. The number of nitrogens with one attached hydrogen (secondary N) is 1. The predicted molar refractivity (Wildman–Crippen MR) is 60.7 cm³/mol. The Morgan fingerprint density at radius 1 is 1.44 bits per heavy atom. The van der Waals surface area contributed by atoms with Gasteiger partial charge in [-0.25, -0.2) is 5.48 Å².